The van der Waals surface area contributed by atoms with Crippen molar-refractivity contribution in [2.75, 3.05) is 19.4 Å². The highest BCUT2D eigenvalue weighted by Gasteiger charge is 2.21. The summed E-state index contributed by atoms with van der Waals surface area (Å²) < 4.78 is 38.5. The standard InChI is InChI=1S/C20H20N2O5S2/c1-27-16-9-6-15(7-10-16)8-11-20-22(17-4-2-3-5-18(17)28-20)14-19(23)21-12-13-29(24,25)26/h2-11H,12-14H2,1H3,(H-,21,23,24,25,26)/p+1. The number of fused-ring (bicyclic) bond motifs is 1. The zero-order chi connectivity index (χ0) is 20.9. The van der Waals surface area contributed by atoms with E-state index in [9.17, 15) is 13.2 Å². The molecule has 7 nitrogen and oxygen atoms in total. The number of aromatic nitrogens is 1. The fourth-order valence-corrected chi connectivity index (χ4v) is 4.17. The van der Waals surface area contributed by atoms with Crippen LogP contribution in [0.25, 0.3) is 22.4 Å². The Morgan fingerprint density at radius 3 is 2.59 bits per heavy atom. The Morgan fingerprint density at radius 1 is 1.17 bits per heavy atom. The van der Waals surface area contributed by atoms with E-state index in [4.69, 9.17) is 9.29 Å². The lowest BCUT2D eigenvalue weighted by molar-refractivity contribution is -0.655. The summed E-state index contributed by atoms with van der Waals surface area (Å²) in [6, 6.07) is 15.4. The molecule has 0 unspecified atom stereocenters. The molecule has 2 N–H and O–H groups in total. The number of ether oxygens (including phenoxy) is 1. The third kappa shape index (κ3) is 5.86. The summed E-state index contributed by atoms with van der Waals surface area (Å²) >= 11 is 1.56. The van der Waals surface area contributed by atoms with Gasteiger partial charge >= 0.3 is 0 Å². The van der Waals surface area contributed by atoms with Gasteiger partial charge in [0.05, 0.1) is 12.9 Å². The van der Waals surface area contributed by atoms with Crippen molar-refractivity contribution in [3.05, 3.63) is 59.1 Å². The molecule has 0 aliphatic rings. The molecule has 3 aromatic rings. The van der Waals surface area contributed by atoms with Crippen LogP contribution in [-0.2, 0) is 21.5 Å². The minimum atomic E-state index is -4.11. The molecule has 0 bridgehead atoms. The van der Waals surface area contributed by atoms with Crippen LogP contribution in [0, 0.1) is 0 Å². The third-order valence-corrected chi connectivity index (χ3v) is 6.01. The Bertz CT molecular complexity index is 1140. The normalized spacial score (nSPS) is 11.8. The van der Waals surface area contributed by atoms with Crippen LogP contribution < -0.4 is 14.6 Å². The second kappa shape index (κ2) is 9.17. The minimum Gasteiger partial charge on any atom is -0.497 e. The molecule has 1 amide bonds. The molecule has 0 atom stereocenters. The minimum absolute atomic E-state index is 0.0395. The number of carbonyl (C=O) groups excluding carboxylic acids is 1. The molecule has 3 rings (SSSR count). The predicted molar refractivity (Wildman–Crippen MR) is 113 cm³/mol. The van der Waals surface area contributed by atoms with Crippen molar-refractivity contribution in [2.24, 2.45) is 0 Å². The summed E-state index contributed by atoms with van der Waals surface area (Å²) in [5.41, 5.74) is 1.91. The van der Waals surface area contributed by atoms with Crippen molar-refractivity contribution in [1.82, 2.24) is 5.32 Å². The number of para-hydroxylation sites is 1. The van der Waals surface area contributed by atoms with Gasteiger partial charge in [-0.2, -0.15) is 13.0 Å². The van der Waals surface area contributed by atoms with E-state index in [1.807, 2.05) is 65.3 Å². The van der Waals surface area contributed by atoms with Gasteiger partial charge in [0.25, 0.3) is 21.0 Å². The van der Waals surface area contributed by atoms with Crippen LogP contribution in [0.2, 0.25) is 0 Å². The topological polar surface area (TPSA) is 96.6 Å². The quantitative estimate of drug-likeness (QED) is 0.420. The van der Waals surface area contributed by atoms with Crippen molar-refractivity contribution in [3.63, 3.8) is 0 Å². The molecular weight excluding hydrogens is 412 g/mol. The van der Waals surface area contributed by atoms with Crippen molar-refractivity contribution < 1.29 is 27.1 Å². The lowest BCUT2D eigenvalue weighted by atomic mass is 10.2. The molecule has 0 saturated carbocycles. The van der Waals surface area contributed by atoms with Crippen LogP contribution in [0.5, 0.6) is 5.75 Å². The number of hydrogen-bond donors (Lipinski definition) is 2. The fourth-order valence-electron chi connectivity index (χ4n) is 2.74. The molecule has 1 heterocycles. The van der Waals surface area contributed by atoms with Crippen LogP contribution in [0.15, 0.2) is 48.5 Å². The lowest BCUT2D eigenvalue weighted by Gasteiger charge is -2.02. The molecule has 29 heavy (non-hydrogen) atoms. The van der Waals surface area contributed by atoms with Crippen LogP contribution in [-0.4, -0.2) is 38.3 Å². The number of amides is 1. The first-order chi connectivity index (χ1) is 13.9. The van der Waals surface area contributed by atoms with E-state index < -0.39 is 15.9 Å². The number of thiazole rings is 1. The predicted octanol–water partition coefficient (Wildman–Crippen LogP) is 2.37. The number of hydrogen-bond acceptors (Lipinski definition) is 5. The number of rotatable bonds is 8. The van der Waals surface area contributed by atoms with Crippen molar-refractivity contribution in [2.45, 2.75) is 6.54 Å². The largest absolute Gasteiger partial charge is 0.497 e. The van der Waals surface area contributed by atoms with Gasteiger partial charge in [-0.25, -0.2) is 0 Å². The average molecular weight is 434 g/mol. The van der Waals surface area contributed by atoms with Crippen LogP contribution in [0.3, 0.4) is 0 Å². The monoisotopic (exact) mass is 433 g/mol. The first-order valence-electron chi connectivity index (χ1n) is 8.81. The number of benzene rings is 2. The summed E-state index contributed by atoms with van der Waals surface area (Å²) in [7, 11) is -2.49. The molecule has 2 aromatic carbocycles. The lowest BCUT2D eigenvalue weighted by Crippen LogP contribution is -2.44. The summed E-state index contributed by atoms with van der Waals surface area (Å²) in [5.74, 6) is -0.0696. The Labute approximate surface area is 173 Å². The maximum Gasteiger partial charge on any atom is 0.286 e. The van der Waals surface area contributed by atoms with Crippen LogP contribution >= 0.6 is 11.3 Å². The summed E-state index contributed by atoms with van der Waals surface area (Å²) in [4.78, 5) is 12.3. The van der Waals surface area contributed by atoms with E-state index in [0.29, 0.717) is 0 Å². The molecule has 0 saturated heterocycles. The van der Waals surface area contributed by atoms with E-state index >= 15 is 0 Å². The number of carbonyl (C=O) groups is 1. The Hall–Kier alpha value is -2.75. The number of nitrogens with one attached hydrogen (secondary N) is 1. The summed E-state index contributed by atoms with van der Waals surface area (Å²) in [5, 5.41) is 3.41. The molecule has 0 aliphatic heterocycles. The second-order valence-corrected chi connectivity index (χ2v) is 8.87. The Kier molecular flexibility index (Phi) is 6.63. The molecule has 0 radical (unpaired) electrons. The smallest absolute Gasteiger partial charge is 0.286 e. The number of nitrogens with zero attached hydrogens (tertiary/aromatic N) is 1. The molecule has 1 aromatic heterocycles. The maximum atomic E-state index is 12.3. The van der Waals surface area contributed by atoms with E-state index in [2.05, 4.69) is 5.32 Å². The number of methoxy groups -OCH3 is 1. The highest BCUT2D eigenvalue weighted by molar-refractivity contribution is 7.85. The molecule has 152 valence electrons. The van der Waals surface area contributed by atoms with Gasteiger partial charge in [0.1, 0.15) is 10.4 Å². The van der Waals surface area contributed by atoms with Gasteiger partial charge in [0.2, 0.25) is 12.1 Å². The van der Waals surface area contributed by atoms with E-state index in [0.717, 1.165) is 26.5 Å². The highest BCUT2D eigenvalue weighted by Crippen LogP contribution is 2.22. The third-order valence-electron chi connectivity index (χ3n) is 4.15. The van der Waals surface area contributed by atoms with Gasteiger partial charge in [0.15, 0.2) is 0 Å². The first-order valence-corrected chi connectivity index (χ1v) is 11.2. The van der Waals surface area contributed by atoms with Crippen LogP contribution in [0.4, 0.5) is 0 Å². The van der Waals surface area contributed by atoms with Crippen molar-refractivity contribution in [1.29, 1.82) is 0 Å². The Balaban J connectivity index is 1.81. The van der Waals surface area contributed by atoms with Crippen molar-refractivity contribution in [3.8, 4) is 5.75 Å². The molecular formula is C20H21N2O5S2+. The summed E-state index contributed by atoms with van der Waals surface area (Å²) in [6.45, 7) is -0.102. The van der Waals surface area contributed by atoms with Gasteiger partial charge in [-0.15, -0.1) is 0 Å². The molecule has 9 heteroatoms. The van der Waals surface area contributed by atoms with Crippen molar-refractivity contribution >= 4 is 49.7 Å². The fraction of sp³-hybridized carbons (Fsp3) is 0.200. The molecule has 0 fully saturated rings. The van der Waals surface area contributed by atoms with Gasteiger partial charge in [0, 0.05) is 18.7 Å². The van der Waals surface area contributed by atoms with Crippen LogP contribution in [0.1, 0.15) is 10.6 Å². The van der Waals surface area contributed by atoms with Gasteiger partial charge < -0.3 is 10.1 Å². The summed E-state index contributed by atoms with van der Waals surface area (Å²) in [6.07, 6.45) is 3.90. The average Bonchev–Trinajstić information content (AvgIpc) is 3.03. The molecule has 0 aliphatic carbocycles. The maximum absolute atomic E-state index is 12.3. The second-order valence-electron chi connectivity index (χ2n) is 6.24. The zero-order valence-corrected chi connectivity index (χ0v) is 17.4. The first kappa shape index (κ1) is 21.0. The zero-order valence-electron chi connectivity index (χ0n) is 15.7. The highest BCUT2D eigenvalue weighted by atomic mass is 32.2. The molecule has 0 spiro atoms. The van der Waals surface area contributed by atoms with Gasteiger partial charge in [-0.3, -0.25) is 9.35 Å². The van der Waals surface area contributed by atoms with Gasteiger partial charge in [-0.05, 0) is 29.8 Å². The van der Waals surface area contributed by atoms with Gasteiger partial charge in [-0.1, -0.05) is 35.6 Å². The Morgan fingerprint density at radius 2 is 1.90 bits per heavy atom. The van der Waals surface area contributed by atoms with E-state index in [1.165, 1.54) is 0 Å². The van der Waals surface area contributed by atoms with E-state index in [1.54, 1.807) is 18.4 Å². The van der Waals surface area contributed by atoms with E-state index in [-0.39, 0.29) is 19.0 Å². The SMILES string of the molecule is COc1ccc(C=Cc2sc3ccccc3[n+]2CC(=O)NCCS(=O)(=O)O)cc1.